The van der Waals surface area contributed by atoms with Gasteiger partial charge in [0.25, 0.3) is 0 Å². The topological polar surface area (TPSA) is 98.0 Å². The zero-order chi connectivity index (χ0) is 17.9. The van der Waals surface area contributed by atoms with Crippen LogP contribution in [0.15, 0.2) is 21.3 Å². The van der Waals surface area contributed by atoms with Crippen molar-refractivity contribution in [1.82, 2.24) is 5.32 Å². The molecule has 1 atom stereocenters. The fourth-order valence-corrected chi connectivity index (χ4v) is 2.50. The predicted molar refractivity (Wildman–Crippen MR) is 88.7 cm³/mol. The molecule has 2 N–H and O–H groups in total. The van der Waals surface area contributed by atoms with Crippen molar-refractivity contribution in [3.8, 4) is 11.5 Å². The van der Waals surface area contributed by atoms with Crippen molar-refractivity contribution in [2.75, 3.05) is 20.8 Å². The van der Waals surface area contributed by atoms with Crippen molar-refractivity contribution in [2.24, 2.45) is 0 Å². The minimum Gasteiger partial charge on any atom is -0.493 e. The minimum absolute atomic E-state index is 0.122. The van der Waals surface area contributed by atoms with E-state index in [9.17, 15) is 9.59 Å². The summed E-state index contributed by atoms with van der Waals surface area (Å²) in [4.78, 5) is 24.3. The number of ether oxygens (including phenoxy) is 2. The van der Waals surface area contributed by atoms with Crippen LogP contribution < -0.4 is 20.4 Å². The standard InChI is InChI=1S/C17H21NO6/c1-9(8-19)18-14(20)7-12-10(2)11-5-6-13(22-3)16(23-4)15(11)24-17(12)21/h5-6,9,19H,7-8H2,1-4H3,(H,18,20)/t9-/m0/s1. The normalized spacial score (nSPS) is 12.0. The van der Waals surface area contributed by atoms with Crippen molar-refractivity contribution in [1.29, 1.82) is 0 Å². The molecule has 2 rings (SSSR count). The van der Waals surface area contributed by atoms with Crippen LogP contribution in [0.25, 0.3) is 11.0 Å². The Balaban J connectivity index is 2.51. The van der Waals surface area contributed by atoms with Gasteiger partial charge in [0.2, 0.25) is 11.7 Å². The third-order valence-corrected chi connectivity index (χ3v) is 3.82. The maximum atomic E-state index is 12.3. The van der Waals surface area contributed by atoms with Crippen molar-refractivity contribution < 1.29 is 23.8 Å². The second-order valence-corrected chi connectivity index (χ2v) is 5.50. The summed E-state index contributed by atoms with van der Waals surface area (Å²) in [5.74, 6) is 0.432. The smallest absolute Gasteiger partial charge is 0.340 e. The number of hydrogen-bond donors (Lipinski definition) is 2. The molecule has 130 valence electrons. The maximum absolute atomic E-state index is 12.3. The van der Waals surface area contributed by atoms with Gasteiger partial charge in [-0.25, -0.2) is 4.79 Å². The van der Waals surface area contributed by atoms with E-state index in [2.05, 4.69) is 5.32 Å². The van der Waals surface area contributed by atoms with Crippen LogP contribution in [0.1, 0.15) is 18.1 Å². The summed E-state index contributed by atoms with van der Waals surface area (Å²) in [5.41, 5.74) is 0.608. The first-order valence-electron chi connectivity index (χ1n) is 7.50. The molecule has 0 spiro atoms. The fraction of sp³-hybridized carbons (Fsp3) is 0.412. The Bertz CT molecular complexity index is 811. The molecule has 0 aliphatic heterocycles. The molecule has 24 heavy (non-hydrogen) atoms. The van der Waals surface area contributed by atoms with E-state index in [-0.39, 0.29) is 36.1 Å². The quantitative estimate of drug-likeness (QED) is 0.769. The first-order valence-corrected chi connectivity index (χ1v) is 7.50. The number of benzene rings is 1. The highest BCUT2D eigenvalue weighted by Gasteiger charge is 2.19. The van der Waals surface area contributed by atoms with Gasteiger partial charge in [-0.1, -0.05) is 0 Å². The highest BCUT2D eigenvalue weighted by atomic mass is 16.5. The summed E-state index contributed by atoms with van der Waals surface area (Å²) in [5, 5.41) is 12.3. The van der Waals surface area contributed by atoms with Crippen LogP contribution in [0.3, 0.4) is 0 Å². The Morgan fingerprint density at radius 1 is 1.33 bits per heavy atom. The number of rotatable bonds is 6. The van der Waals surface area contributed by atoms with Crippen LogP contribution in [-0.2, 0) is 11.2 Å². The van der Waals surface area contributed by atoms with Gasteiger partial charge in [-0.15, -0.1) is 0 Å². The van der Waals surface area contributed by atoms with Gasteiger partial charge in [0.15, 0.2) is 11.3 Å². The third kappa shape index (κ3) is 3.35. The predicted octanol–water partition coefficient (Wildman–Crippen LogP) is 1.16. The molecule has 0 fully saturated rings. The number of amides is 1. The minimum atomic E-state index is -0.599. The Morgan fingerprint density at radius 2 is 2.04 bits per heavy atom. The molecule has 0 radical (unpaired) electrons. The molecule has 1 amide bonds. The number of hydrogen-bond acceptors (Lipinski definition) is 6. The molecule has 0 bridgehead atoms. The van der Waals surface area contributed by atoms with E-state index in [1.54, 1.807) is 26.0 Å². The van der Waals surface area contributed by atoms with E-state index >= 15 is 0 Å². The summed E-state index contributed by atoms with van der Waals surface area (Å²) in [6, 6.07) is 3.09. The molecular weight excluding hydrogens is 314 g/mol. The van der Waals surface area contributed by atoms with Gasteiger partial charge in [0.1, 0.15) is 0 Å². The average Bonchev–Trinajstić information content (AvgIpc) is 2.57. The van der Waals surface area contributed by atoms with E-state index in [0.717, 1.165) is 0 Å². The Labute approximate surface area is 139 Å². The average molecular weight is 335 g/mol. The van der Waals surface area contributed by atoms with Crippen LogP contribution >= 0.6 is 0 Å². The molecule has 0 unspecified atom stereocenters. The second-order valence-electron chi connectivity index (χ2n) is 5.50. The van der Waals surface area contributed by atoms with Crippen LogP contribution in [0.5, 0.6) is 11.5 Å². The summed E-state index contributed by atoms with van der Waals surface area (Å²) >= 11 is 0. The van der Waals surface area contributed by atoms with E-state index in [1.807, 2.05) is 0 Å². The number of carbonyl (C=O) groups excluding carboxylic acids is 1. The van der Waals surface area contributed by atoms with Crippen molar-refractivity contribution in [2.45, 2.75) is 26.3 Å². The molecule has 1 heterocycles. The first kappa shape index (κ1) is 17.8. The lowest BCUT2D eigenvalue weighted by Gasteiger charge is -2.14. The number of methoxy groups -OCH3 is 2. The Morgan fingerprint density at radius 3 is 2.62 bits per heavy atom. The molecule has 1 aromatic heterocycles. The molecule has 0 aliphatic rings. The number of carbonyl (C=O) groups is 1. The second kappa shape index (κ2) is 7.35. The van der Waals surface area contributed by atoms with Crippen LogP contribution in [0.2, 0.25) is 0 Å². The van der Waals surface area contributed by atoms with Crippen molar-refractivity contribution in [3.63, 3.8) is 0 Å². The number of nitrogens with one attached hydrogen (secondary N) is 1. The lowest BCUT2D eigenvalue weighted by atomic mass is 10.0. The highest BCUT2D eigenvalue weighted by molar-refractivity contribution is 5.89. The Hall–Kier alpha value is -2.54. The zero-order valence-corrected chi connectivity index (χ0v) is 14.1. The summed E-state index contributed by atoms with van der Waals surface area (Å²) in [6.07, 6.45) is -0.122. The summed E-state index contributed by atoms with van der Waals surface area (Å²) < 4.78 is 15.9. The van der Waals surface area contributed by atoms with Crippen molar-refractivity contribution in [3.05, 3.63) is 33.7 Å². The van der Waals surface area contributed by atoms with Crippen molar-refractivity contribution >= 4 is 16.9 Å². The molecule has 1 aromatic carbocycles. The molecular formula is C17H21NO6. The molecule has 0 saturated carbocycles. The first-order chi connectivity index (χ1) is 11.4. The molecule has 7 heteroatoms. The van der Waals surface area contributed by atoms with Gasteiger partial charge >= 0.3 is 5.63 Å². The fourth-order valence-electron chi connectivity index (χ4n) is 2.50. The van der Waals surface area contributed by atoms with Gasteiger partial charge in [-0.05, 0) is 31.5 Å². The highest BCUT2D eigenvalue weighted by Crippen LogP contribution is 2.36. The van der Waals surface area contributed by atoms with Gasteiger partial charge in [-0.2, -0.15) is 0 Å². The number of aliphatic hydroxyl groups excluding tert-OH is 1. The number of aliphatic hydroxyl groups is 1. The summed E-state index contributed by atoms with van der Waals surface area (Å²) in [6.45, 7) is 3.25. The molecule has 0 saturated heterocycles. The summed E-state index contributed by atoms with van der Waals surface area (Å²) in [7, 11) is 2.96. The van der Waals surface area contributed by atoms with Gasteiger partial charge in [0.05, 0.1) is 32.8 Å². The van der Waals surface area contributed by atoms with Gasteiger partial charge in [0, 0.05) is 11.4 Å². The lowest BCUT2D eigenvalue weighted by molar-refractivity contribution is -0.121. The van der Waals surface area contributed by atoms with E-state index in [1.165, 1.54) is 14.2 Å². The van der Waals surface area contributed by atoms with Crippen LogP contribution in [-0.4, -0.2) is 37.9 Å². The number of fused-ring (bicyclic) bond motifs is 1. The van der Waals surface area contributed by atoms with Gasteiger partial charge < -0.3 is 24.3 Å². The molecule has 2 aromatic rings. The molecule has 7 nitrogen and oxygen atoms in total. The van der Waals surface area contributed by atoms with Gasteiger partial charge in [-0.3, -0.25) is 4.79 Å². The number of aryl methyl sites for hydroxylation is 1. The van der Waals surface area contributed by atoms with E-state index < -0.39 is 5.63 Å². The monoisotopic (exact) mass is 335 g/mol. The zero-order valence-electron chi connectivity index (χ0n) is 14.1. The largest absolute Gasteiger partial charge is 0.493 e. The SMILES string of the molecule is COc1ccc2c(C)c(CC(=O)N[C@@H](C)CO)c(=O)oc2c1OC. The van der Waals surface area contributed by atoms with Crippen LogP contribution in [0.4, 0.5) is 0 Å². The molecule has 0 aliphatic carbocycles. The van der Waals surface area contributed by atoms with Crippen LogP contribution in [0, 0.1) is 6.92 Å². The van der Waals surface area contributed by atoms with E-state index in [4.69, 9.17) is 19.0 Å². The maximum Gasteiger partial charge on any atom is 0.340 e. The Kier molecular flexibility index (Phi) is 5.46. The third-order valence-electron chi connectivity index (χ3n) is 3.82. The lowest BCUT2D eigenvalue weighted by Crippen LogP contribution is -2.37. The van der Waals surface area contributed by atoms with E-state index in [0.29, 0.717) is 22.4 Å².